The van der Waals surface area contributed by atoms with Gasteiger partial charge < -0.3 is 14.8 Å². The summed E-state index contributed by atoms with van der Waals surface area (Å²) in [6.45, 7) is 0. The van der Waals surface area contributed by atoms with E-state index in [1.54, 1.807) is 14.1 Å². The van der Waals surface area contributed by atoms with E-state index in [4.69, 9.17) is 9.47 Å². The highest BCUT2D eigenvalue weighted by Crippen LogP contribution is 2.43. The maximum absolute atomic E-state index is 12.5. The van der Waals surface area contributed by atoms with E-state index in [9.17, 15) is 29.8 Å². The largest absolute Gasteiger partial charge is 0.466 e. The molecule has 1 aromatic rings. The Balaban J connectivity index is 2.88. The Labute approximate surface area is 180 Å². The van der Waals surface area contributed by atoms with Gasteiger partial charge in [0.2, 0.25) is 0 Å². The Morgan fingerprint density at radius 3 is 2.19 bits per heavy atom. The number of hydrogen-bond acceptors (Lipinski definition) is 12. The molecule has 1 N–H and O–H groups in total. The summed E-state index contributed by atoms with van der Waals surface area (Å²) in [7, 11) is 6.85. The molecule has 1 aliphatic rings. The van der Waals surface area contributed by atoms with Crippen LogP contribution in [0, 0.1) is 20.2 Å². The lowest BCUT2D eigenvalue weighted by molar-refractivity contribution is -0.422. The summed E-state index contributed by atoms with van der Waals surface area (Å²) in [6, 6.07) is 2.30. The quantitative estimate of drug-likeness (QED) is 0.361. The third kappa shape index (κ3) is 4.49. The van der Waals surface area contributed by atoms with E-state index in [0.717, 1.165) is 20.3 Å². The number of thioether (sulfide) groups is 1. The number of nitrogens with one attached hydrogen (secondary N) is 1. The van der Waals surface area contributed by atoms with Gasteiger partial charge in [-0.25, -0.2) is 9.59 Å². The molecule has 0 amide bonds. The molecule has 2 rings (SSSR count). The van der Waals surface area contributed by atoms with Gasteiger partial charge in [0.25, 0.3) is 0 Å². The summed E-state index contributed by atoms with van der Waals surface area (Å²) in [5.41, 5.74) is -1.68. The molecule has 1 aliphatic heterocycles. The van der Waals surface area contributed by atoms with Crippen LogP contribution in [-0.4, -0.2) is 73.3 Å². The van der Waals surface area contributed by atoms with Gasteiger partial charge in [0.15, 0.2) is 0 Å². The molecule has 31 heavy (non-hydrogen) atoms. The summed E-state index contributed by atoms with van der Waals surface area (Å²) >= 11 is 0.632. The van der Waals surface area contributed by atoms with E-state index >= 15 is 0 Å². The van der Waals surface area contributed by atoms with E-state index in [-0.39, 0.29) is 26.8 Å². The van der Waals surface area contributed by atoms with Crippen LogP contribution in [0.2, 0.25) is 0 Å². The SMILES string of the molecule is CNc1ccc([N+](=O)[O-])c([N+](=O)[O-])c1C1=NC(N(C)C)C(C(=O)OC)=C(C(=O)OC)S1. The Hall–Kier alpha value is -3.52. The first-order chi connectivity index (χ1) is 14.6. The monoisotopic (exact) mass is 453 g/mol. The molecule has 1 atom stereocenters. The molecule has 1 heterocycles. The lowest BCUT2D eigenvalue weighted by atomic mass is 10.1. The number of esters is 2. The van der Waals surface area contributed by atoms with Gasteiger partial charge in [-0.2, -0.15) is 0 Å². The minimum Gasteiger partial charge on any atom is -0.466 e. The topological polar surface area (TPSA) is 167 Å². The number of rotatable bonds is 7. The summed E-state index contributed by atoms with van der Waals surface area (Å²) in [5.74, 6) is -1.72. The number of nitrogens with zero attached hydrogens (tertiary/aromatic N) is 4. The van der Waals surface area contributed by atoms with E-state index in [1.807, 2.05) is 0 Å². The van der Waals surface area contributed by atoms with Crippen LogP contribution in [-0.2, 0) is 19.1 Å². The van der Waals surface area contributed by atoms with Gasteiger partial charge in [-0.3, -0.25) is 30.1 Å². The van der Waals surface area contributed by atoms with Crippen LogP contribution in [0.5, 0.6) is 0 Å². The van der Waals surface area contributed by atoms with Crippen LogP contribution in [0.3, 0.4) is 0 Å². The molecule has 0 fully saturated rings. The molecule has 1 unspecified atom stereocenters. The second-order valence-corrected chi connectivity index (χ2v) is 7.22. The van der Waals surface area contributed by atoms with Crippen molar-refractivity contribution in [2.24, 2.45) is 4.99 Å². The molecular weight excluding hydrogens is 434 g/mol. The van der Waals surface area contributed by atoms with Gasteiger partial charge in [-0.05, 0) is 20.2 Å². The predicted molar refractivity (Wildman–Crippen MR) is 112 cm³/mol. The van der Waals surface area contributed by atoms with E-state index < -0.39 is 39.3 Å². The van der Waals surface area contributed by atoms with Crippen molar-refractivity contribution in [3.8, 4) is 0 Å². The number of hydrogen-bond donors (Lipinski definition) is 1. The van der Waals surface area contributed by atoms with Gasteiger partial charge in [0, 0.05) is 13.1 Å². The van der Waals surface area contributed by atoms with Gasteiger partial charge in [-0.15, -0.1) is 0 Å². The molecule has 0 aliphatic carbocycles. The number of nitro benzene ring substituents is 2. The third-order valence-electron chi connectivity index (χ3n) is 4.23. The fraction of sp³-hybridized carbons (Fsp3) is 0.353. The minimum atomic E-state index is -1.07. The highest BCUT2D eigenvalue weighted by atomic mass is 32.2. The average molecular weight is 453 g/mol. The Bertz CT molecular complexity index is 1020. The van der Waals surface area contributed by atoms with E-state index in [1.165, 1.54) is 18.0 Å². The van der Waals surface area contributed by atoms with Crippen LogP contribution >= 0.6 is 11.8 Å². The summed E-state index contributed by atoms with van der Waals surface area (Å²) in [5, 5.41) is 25.9. The first kappa shape index (κ1) is 23.8. The number of methoxy groups -OCH3 is 2. The molecule has 0 radical (unpaired) electrons. The van der Waals surface area contributed by atoms with Gasteiger partial charge >= 0.3 is 23.3 Å². The smallest absolute Gasteiger partial charge is 0.357 e. The van der Waals surface area contributed by atoms with Crippen molar-refractivity contribution < 1.29 is 28.9 Å². The molecule has 13 nitrogen and oxygen atoms in total. The van der Waals surface area contributed by atoms with Crippen molar-refractivity contribution in [3.05, 3.63) is 48.4 Å². The predicted octanol–water partition coefficient (Wildman–Crippen LogP) is 1.53. The fourth-order valence-electron chi connectivity index (χ4n) is 2.85. The van der Waals surface area contributed by atoms with Crippen LogP contribution in [0.1, 0.15) is 5.56 Å². The van der Waals surface area contributed by atoms with Crippen molar-refractivity contribution in [2.75, 3.05) is 40.7 Å². The summed E-state index contributed by atoms with van der Waals surface area (Å²) in [6.07, 6.45) is -1.07. The van der Waals surface area contributed by atoms with Gasteiger partial charge in [0.05, 0.1) is 35.3 Å². The number of aliphatic imine (C=N–C) groups is 1. The van der Waals surface area contributed by atoms with Gasteiger partial charge in [-0.1, -0.05) is 11.8 Å². The van der Waals surface area contributed by atoms with Crippen LogP contribution in [0.15, 0.2) is 27.6 Å². The summed E-state index contributed by atoms with van der Waals surface area (Å²) in [4.78, 5) is 52.0. The number of carbonyl (C=O) groups excluding carboxylic acids is 2. The molecule has 0 saturated heterocycles. The number of benzene rings is 1. The van der Waals surface area contributed by atoms with Crippen LogP contribution in [0.4, 0.5) is 17.1 Å². The maximum atomic E-state index is 12.5. The maximum Gasteiger partial charge on any atom is 0.357 e. The number of carbonyl (C=O) groups is 2. The van der Waals surface area contributed by atoms with Crippen molar-refractivity contribution in [2.45, 2.75) is 6.17 Å². The number of anilines is 1. The molecule has 0 aromatic heterocycles. The van der Waals surface area contributed by atoms with Crippen molar-refractivity contribution in [1.29, 1.82) is 0 Å². The molecule has 0 spiro atoms. The van der Waals surface area contributed by atoms with Crippen LogP contribution < -0.4 is 5.32 Å². The Morgan fingerprint density at radius 1 is 1.13 bits per heavy atom. The highest BCUT2D eigenvalue weighted by molar-refractivity contribution is 8.18. The first-order valence-corrected chi connectivity index (χ1v) is 9.37. The molecule has 0 saturated carbocycles. The zero-order chi connectivity index (χ0) is 23.5. The minimum absolute atomic E-state index is 0.0773. The van der Waals surface area contributed by atoms with Crippen molar-refractivity contribution in [3.63, 3.8) is 0 Å². The highest BCUT2D eigenvalue weighted by Gasteiger charge is 2.40. The molecule has 0 bridgehead atoms. The number of nitro groups is 2. The number of ether oxygens (including phenoxy) is 2. The number of likely N-dealkylation sites (N-methyl/N-ethyl adjacent to an activating group) is 1. The zero-order valence-corrected chi connectivity index (χ0v) is 18.0. The molecule has 166 valence electrons. The lowest BCUT2D eigenvalue weighted by Gasteiger charge is -2.28. The van der Waals surface area contributed by atoms with Crippen LogP contribution in [0.25, 0.3) is 0 Å². The van der Waals surface area contributed by atoms with E-state index in [0.29, 0.717) is 11.8 Å². The van der Waals surface area contributed by atoms with E-state index in [2.05, 4.69) is 10.3 Å². The lowest BCUT2D eigenvalue weighted by Crippen LogP contribution is -2.37. The second-order valence-electron chi connectivity index (χ2n) is 6.22. The normalized spacial score (nSPS) is 15.9. The van der Waals surface area contributed by atoms with Crippen molar-refractivity contribution >= 4 is 45.8 Å². The summed E-state index contributed by atoms with van der Waals surface area (Å²) < 4.78 is 9.54. The standard InChI is InChI=1S/C17H19N5O8S/c1-18-8-6-7-9(21(25)26)12(22(27)28)10(8)15-19-14(20(2)3)11(16(23)29-4)13(31-15)17(24)30-5/h6-7,14,18H,1-5H3. The fourth-order valence-corrected chi connectivity index (χ4v) is 3.97. The zero-order valence-electron chi connectivity index (χ0n) is 17.2. The van der Waals surface area contributed by atoms with Crippen molar-refractivity contribution in [1.82, 2.24) is 4.90 Å². The molecular formula is C17H19N5O8S. The Morgan fingerprint density at radius 2 is 1.74 bits per heavy atom. The third-order valence-corrected chi connectivity index (χ3v) is 5.32. The first-order valence-electron chi connectivity index (χ1n) is 8.55. The molecule has 1 aromatic carbocycles. The molecule has 14 heteroatoms. The van der Waals surface area contributed by atoms with Gasteiger partial charge in [0.1, 0.15) is 21.7 Å². The Kier molecular flexibility index (Phi) is 7.30. The second kappa shape index (κ2) is 9.53. The average Bonchev–Trinajstić information content (AvgIpc) is 2.75.